The highest BCUT2D eigenvalue weighted by atomic mass is 79.9. The molecule has 0 aliphatic rings. The van der Waals surface area contributed by atoms with Crippen LogP contribution in [0.25, 0.3) is 0 Å². The highest BCUT2D eigenvalue weighted by Crippen LogP contribution is 2.09. The minimum absolute atomic E-state index is 0.267. The predicted molar refractivity (Wildman–Crippen MR) is 48.8 cm³/mol. The lowest BCUT2D eigenvalue weighted by Crippen LogP contribution is -2.05. The fourth-order valence-electron chi connectivity index (χ4n) is 0.974. The average Bonchev–Trinajstić information content (AvgIpc) is 2.04. The maximum atomic E-state index is 12.8. The molecule has 66 valence electrons. The highest BCUT2D eigenvalue weighted by molar-refractivity contribution is 9.09. The summed E-state index contributed by atoms with van der Waals surface area (Å²) in [6.45, 7) is 0. The van der Waals surface area contributed by atoms with Crippen molar-refractivity contribution in [1.82, 2.24) is 0 Å². The molecule has 0 fully saturated rings. The molecule has 0 aliphatic carbocycles. The van der Waals surface area contributed by atoms with Crippen molar-refractivity contribution >= 4 is 15.9 Å². The lowest BCUT2D eigenvalue weighted by Gasteiger charge is -2.03. The minimum atomic E-state index is -0.938. The maximum Gasteiger partial charge on any atom is 0.123 e. The Kier molecular flexibility index (Phi) is 3.66. The SMILES string of the molecule is Fc1cccc(C[C@H](F)CBr)c1. The molecule has 0 nitrogen and oxygen atoms in total. The van der Waals surface area contributed by atoms with Gasteiger partial charge in [-0.15, -0.1) is 0 Å². The molecular weight excluding hydrogens is 226 g/mol. The number of rotatable bonds is 3. The second-order valence-corrected chi connectivity index (χ2v) is 3.23. The lowest BCUT2D eigenvalue weighted by atomic mass is 10.1. The quantitative estimate of drug-likeness (QED) is 0.706. The summed E-state index contributed by atoms with van der Waals surface area (Å²) in [5.74, 6) is -0.311. The molecule has 0 unspecified atom stereocenters. The first-order chi connectivity index (χ1) is 5.72. The molecule has 1 atom stereocenters. The summed E-state index contributed by atoms with van der Waals surface area (Å²) in [7, 11) is 0. The zero-order chi connectivity index (χ0) is 8.97. The van der Waals surface area contributed by atoms with Crippen LogP contribution >= 0.6 is 15.9 Å². The first-order valence-electron chi connectivity index (χ1n) is 3.67. The van der Waals surface area contributed by atoms with Crippen molar-refractivity contribution in [3.8, 4) is 0 Å². The van der Waals surface area contributed by atoms with Crippen LogP contribution in [0.1, 0.15) is 5.56 Å². The van der Waals surface area contributed by atoms with Crippen LogP contribution < -0.4 is 0 Å². The van der Waals surface area contributed by atoms with Gasteiger partial charge in [-0.2, -0.15) is 0 Å². The van der Waals surface area contributed by atoms with Crippen molar-refractivity contribution < 1.29 is 8.78 Å². The van der Waals surface area contributed by atoms with E-state index < -0.39 is 6.17 Å². The summed E-state index contributed by atoms with van der Waals surface area (Å²) >= 11 is 3.02. The van der Waals surface area contributed by atoms with E-state index in [1.54, 1.807) is 12.1 Å². The monoisotopic (exact) mass is 234 g/mol. The largest absolute Gasteiger partial charge is 0.246 e. The van der Waals surface area contributed by atoms with Crippen LogP contribution in [-0.4, -0.2) is 11.5 Å². The third kappa shape index (κ3) is 2.89. The van der Waals surface area contributed by atoms with Gasteiger partial charge in [0.15, 0.2) is 0 Å². The van der Waals surface area contributed by atoms with Crippen molar-refractivity contribution in [3.05, 3.63) is 35.6 Å². The van der Waals surface area contributed by atoms with Gasteiger partial charge in [0.2, 0.25) is 0 Å². The normalized spacial score (nSPS) is 12.9. The van der Waals surface area contributed by atoms with E-state index in [9.17, 15) is 8.78 Å². The summed E-state index contributed by atoms with van der Waals surface area (Å²) in [6.07, 6.45) is -0.671. The first-order valence-corrected chi connectivity index (χ1v) is 4.79. The molecule has 0 aromatic heterocycles. The molecule has 0 aliphatic heterocycles. The second-order valence-electron chi connectivity index (χ2n) is 2.59. The van der Waals surface area contributed by atoms with Crippen molar-refractivity contribution in [2.75, 3.05) is 5.33 Å². The van der Waals surface area contributed by atoms with E-state index in [4.69, 9.17) is 0 Å². The number of hydrogen-bond acceptors (Lipinski definition) is 0. The molecule has 0 heterocycles. The number of benzene rings is 1. The third-order valence-electron chi connectivity index (χ3n) is 1.51. The molecule has 1 aromatic rings. The number of alkyl halides is 2. The average molecular weight is 235 g/mol. The smallest absolute Gasteiger partial charge is 0.123 e. The van der Waals surface area contributed by atoms with E-state index >= 15 is 0 Å². The van der Waals surface area contributed by atoms with E-state index in [0.29, 0.717) is 10.9 Å². The van der Waals surface area contributed by atoms with Crippen LogP contribution in [0.4, 0.5) is 8.78 Å². The van der Waals surface area contributed by atoms with E-state index in [1.807, 2.05) is 0 Å². The molecule has 0 amide bonds. The molecular formula is C9H9BrF2. The van der Waals surface area contributed by atoms with Crippen LogP contribution in [0.15, 0.2) is 24.3 Å². The van der Waals surface area contributed by atoms with Crippen LogP contribution in [0.2, 0.25) is 0 Å². The Labute approximate surface area is 78.7 Å². The van der Waals surface area contributed by atoms with Gasteiger partial charge in [0.1, 0.15) is 12.0 Å². The molecule has 3 heteroatoms. The van der Waals surface area contributed by atoms with Gasteiger partial charge < -0.3 is 0 Å². The summed E-state index contributed by atoms with van der Waals surface area (Å²) < 4.78 is 25.4. The summed E-state index contributed by atoms with van der Waals surface area (Å²) in [5, 5.41) is 0.295. The standard InChI is InChI=1S/C9H9BrF2/c10-6-9(12)5-7-2-1-3-8(11)4-7/h1-4,9H,5-6H2/t9-/m0/s1. The fourth-order valence-corrected chi connectivity index (χ4v) is 1.20. The van der Waals surface area contributed by atoms with Gasteiger partial charge in [0.05, 0.1) is 0 Å². The topological polar surface area (TPSA) is 0 Å². The number of halogens is 3. The van der Waals surface area contributed by atoms with Crippen LogP contribution in [0.5, 0.6) is 0 Å². The van der Waals surface area contributed by atoms with Crippen molar-refractivity contribution in [3.63, 3.8) is 0 Å². The Morgan fingerprint density at radius 1 is 1.42 bits per heavy atom. The maximum absolute atomic E-state index is 12.8. The van der Waals surface area contributed by atoms with Crippen molar-refractivity contribution in [2.24, 2.45) is 0 Å². The minimum Gasteiger partial charge on any atom is -0.246 e. The van der Waals surface area contributed by atoms with E-state index in [-0.39, 0.29) is 12.2 Å². The van der Waals surface area contributed by atoms with Gasteiger partial charge in [0.25, 0.3) is 0 Å². The Hall–Kier alpha value is -0.440. The third-order valence-corrected chi connectivity index (χ3v) is 2.22. The van der Waals surface area contributed by atoms with Crippen molar-refractivity contribution in [2.45, 2.75) is 12.6 Å². The summed E-state index contributed by atoms with van der Waals surface area (Å²) in [4.78, 5) is 0. The van der Waals surface area contributed by atoms with Gasteiger partial charge in [0, 0.05) is 11.8 Å². The highest BCUT2D eigenvalue weighted by Gasteiger charge is 2.05. The second kappa shape index (κ2) is 4.55. The van der Waals surface area contributed by atoms with Crippen LogP contribution in [0.3, 0.4) is 0 Å². The van der Waals surface area contributed by atoms with Gasteiger partial charge in [-0.3, -0.25) is 0 Å². The van der Waals surface area contributed by atoms with Crippen molar-refractivity contribution in [1.29, 1.82) is 0 Å². The first kappa shape index (κ1) is 9.65. The summed E-state index contributed by atoms with van der Waals surface area (Å²) in [5.41, 5.74) is 0.696. The Balaban J connectivity index is 2.63. The van der Waals surface area contributed by atoms with Gasteiger partial charge >= 0.3 is 0 Å². The van der Waals surface area contributed by atoms with E-state index in [1.165, 1.54) is 12.1 Å². The Morgan fingerprint density at radius 3 is 2.75 bits per heavy atom. The molecule has 0 bridgehead atoms. The van der Waals surface area contributed by atoms with Crippen LogP contribution in [0, 0.1) is 5.82 Å². The van der Waals surface area contributed by atoms with Gasteiger partial charge in [-0.1, -0.05) is 28.1 Å². The Bertz CT molecular complexity index is 250. The molecule has 1 rings (SSSR count). The lowest BCUT2D eigenvalue weighted by molar-refractivity contribution is 0.368. The van der Waals surface area contributed by atoms with Gasteiger partial charge in [-0.25, -0.2) is 8.78 Å². The molecule has 0 saturated heterocycles. The van der Waals surface area contributed by atoms with Crippen LogP contribution in [-0.2, 0) is 6.42 Å². The van der Waals surface area contributed by atoms with E-state index in [0.717, 1.165) is 0 Å². The zero-order valence-corrected chi connectivity index (χ0v) is 8.02. The fraction of sp³-hybridized carbons (Fsp3) is 0.333. The zero-order valence-electron chi connectivity index (χ0n) is 6.43. The molecule has 0 spiro atoms. The van der Waals surface area contributed by atoms with Gasteiger partial charge in [-0.05, 0) is 17.7 Å². The molecule has 12 heavy (non-hydrogen) atoms. The molecule has 0 radical (unpaired) electrons. The number of hydrogen-bond donors (Lipinski definition) is 0. The summed E-state index contributed by atoms with van der Waals surface area (Å²) in [6, 6.07) is 6.02. The Morgan fingerprint density at radius 2 is 2.17 bits per heavy atom. The molecule has 0 N–H and O–H groups in total. The van der Waals surface area contributed by atoms with E-state index in [2.05, 4.69) is 15.9 Å². The predicted octanol–water partition coefficient (Wildman–Crippen LogP) is 3.10. The molecule has 0 saturated carbocycles. The molecule has 1 aromatic carbocycles.